The van der Waals surface area contributed by atoms with Crippen molar-refractivity contribution in [1.29, 1.82) is 0 Å². The minimum Gasteiger partial charge on any atom is -0.495 e. The van der Waals surface area contributed by atoms with Gasteiger partial charge in [-0.15, -0.1) is 0 Å². The van der Waals surface area contributed by atoms with E-state index in [1.807, 2.05) is 24.5 Å². The van der Waals surface area contributed by atoms with Crippen molar-refractivity contribution in [2.24, 2.45) is 0 Å². The van der Waals surface area contributed by atoms with E-state index in [4.69, 9.17) is 21.3 Å². The van der Waals surface area contributed by atoms with E-state index in [0.717, 1.165) is 67.6 Å². The molecule has 0 atom stereocenters. The highest BCUT2D eigenvalue weighted by Crippen LogP contribution is 2.38. The summed E-state index contributed by atoms with van der Waals surface area (Å²) in [7, 11) is 3.14. The highest BCUT2D eigenvalue weighted by atomic mass is 35.5. The number of nitrogens with one attached hydrogen (secondary N) is 2. The van der Waals surface area contributed by atoms with Crippen molar-refractivity contribution in [2.45, 2.75) is 19.9 Å². The molecule has 2 aliphatic heterocycles. The van der Waals surface area contributed by atoms with Gasteiger partial charge in [0.1, 0.15) is 16.6 Å². The maximum atomic E-state index is 12.3. The number of methoxy groups -OCH3 is 1. The summed E-state index contributed by atoms with van der Waals surface area (Å²) in [4.78, 5) is 33.1. The van der Waals surface area contributed by atoms with Crippen LogP contribution in [-0.2, 0) is 13.0 Å². The number of hydrogen-bond donors (Lipinski definition) is 2. The smallest absolute Gasteiger partial charge is 0.251 e. The van der Waals surface area contributed by atoms with E-state index < -0.39 is 0 Å². The molecular weight excluding hydrogens is 504 g/mol. The molecule has 3 aromatic rings. The Hall–Kier alpha value is -3.63. The van der Waals surface area contributed by atoms with Gasteiger partial charge >= 0.3 is 0 Å². The quantitative estimate of drug-likeness (QED) is 0.471. The number of amides is 1. The molecule has 11 heteroatoms. The van der Waals surface area contributed by atoms with E-state index in [-0.39, 0.29) is 5.91 Å². The first kappa shape index (κ1) is 26.0. The summed E-state index contributed by atoms with van der Waals surface area (Å²) in [6, 6.07) is 7.52. The molecule has 0 aliphatic carbocycles. The second-order valence-electron chi connectivity index (χ2n) is 9.38. The molecule has 4 heterocycles. The van der Waals surface area contributed by atoms with Gasteiger partial charge in [-0.2, -0.15) is 0 Å². The molecule has 2 aromatic heterocycles. The Labute approximate surface area is 228 Å². The van der Waals surface area contributed by atoms with Gasteiger partial charge < -0.3 is 30.1 Å². The molecule has 0 bridgehead atoms. The van der Waals surface area contributed by atoms with Crippen LogP contribution in [0.15, 0.2) is 36.7 Å². The lowest BCUT2D eigenvalue weighted by Gasteiger charge is -2.34. The molecule has 38 heavy (non-hydrogen) atoms. The number of halogens is 1. The van der Waals surface area contributed by atoms with Crippen LogP contribution < -0.4 is 25.2 Å². The fourth-order valence-corrected chi connectivity index (χ4v) is 5.19. The number of piperazine rings is 1. The Morgan fingerprint density at radius 3 is 2.58 bits per heavy atom. The number of carbonyl (C=O) groups excluding carboxylic acids is 1. The number of fused-ring (bicyclic) bond motifs is 1. The normalized spacial score (nSPS) is 15.7. The van der Waals surface area contributed by atoms with Crippen molar-refractivity contribution in [3.63, 3.8) is 0 Å². The van der Waals surface area contributed by atoms with Gasteiger partial charge in [0.25, 0.3) is 5.91 Å². The maximum absolute atomic E-state index is 12.3. The monoisotopic (exact) mass is 536 g/mol. The molecule has 1 aromatic carbocycles. The molecule has 1 saturated heterocycles. The molecule has 0 saturated carbocycles. The summed E-state index contributed by atoms with van der Waals surface area (Å²) in [6.07, 6.45) is 4.40. The fraction of sp³-hybridized carbons (Fsp3) is 0.407. The van der Waals surface area contributed by atoms with Crippen molar-refractivity contribution in [3.8, 4) is 5.75 Å². The predicted octanol–water partition coefficient (Wildman–Crippen LogP) is 3.34. The van der Waals surface area contributed by atoms with Gasteiger partial charge in [0.15, 0.2) is 0 Å². The number of likely N-dealkylation sites (N-methyl/N-ethyl adjacent to an activating group) is 1. The first-order valence-corrected chi connectivity index (χ1v) is 13.3. The van der Waals surface area contributed by atoms with E-state index in [0.29, 0.717) is 35.4 Å². The fourth-order valence-electron chi connectivity index (χ4n) is 4.89. The lowest BCUT2D eigenvalue weighted by Crippen LogP contribution is -2.46. The second kappa shape index (κ2) is 11.4. The molecule has 200 valence electrons. The van der Waals surface area contributed by atoms with Crippen LogP contribution >= 0.6 is 11.6 Å². The number of carbonyl (C=O) groups is 1. The third-order valence-corrected chi connectivity index (χ3v) is 7.53. The number of rotatable bonds is 7. The third kappa shape index (κ3) is 5.46. The van der Waals surface area contributed by atoms with Gasteiger partial charge in [-0.25, -0.2) is 15.0 Å². The molecule has 0 spiro atoms. The largest absolute Gasteiger partial charge is 0.495 e. The van der Waals surface area contributed by atoms with Crippen LogP contribution in [-0.4, -0.2) is 79.2 Å². The van der Waals surface area contributed by atoms with Crippen LogP contribution in [0.1, 0.15) is 28.5 Å². The van der Waals surface area contributed by atoms with Gasteiger partial charge in [0, 0.05) is 70.1 Å². The van der Waals surface area contributed by atoms with Gasteiger partial charge in [0.2, 0.25) is 5.95 Å². The highest BCUT2D eigenvalue weighted by molar-refractivity contribution is 6.35. The van der Waals surface area contributed by atoms with Crippen LogP contribution in [0, 0.1) is 0 Å². The van der Waals surface area contributed by atoms with Gasteiger partial charge in [-0.1, -0.05) is 18.5 Å². The zero-order valence-electron chi connectivity index (χ0n) is 22.0. The second-order valence-corrected chi connectivity index (χ2v) is 9.76. The molecule has 2 N–H and O–H groups in total. The average Bonchev–Trinajstić information content (AvgIpc) is 2.97. The summed E-state index contributed by atoms with van der Waals surface area (Å²) in [6.45, 7) is 8.70. The Morgan fingerprint density at radius 2 is 1.89 bits per heavy atom. The summed E-state index contributed by atoms with van der Waals surface area (Å²) in [5.74, 6) is 1.81. The average molecular weight is 537 g/mol. The van der Waals surface area contributed by atoms with Gasteiger partial charge in [-0.3, -0.25) is 4.79 Å². The first-order chi connectivity index (χ1) is 18.5. The number of hydrogen-bond acceptors (Lipinski definition) is 9. The van der Waals surface area contributed by atoms with Gasteiger partial charge in [0.05, 0.1) is 30.4 Å². The highest BCUT2D eigenvalue weighted by Gasteiger charge is 2.24. The Morgan fingerprint density at radius 1 is 1.08 bits per heavy atom. The minimum atomic E-state index is -0.195. The van der Waals surface area contributed by atoms with Crippen LogP contribution in [0.2, 0.25) is 5.02 Å². The topological polar surface area (TPSA) is 98.8 Å². The Bertz CT molecular complexity index is 1290. The zero-order chi connectivity index (χ0) is 26.6. The Kier molecular flexibility index (Phi) is 7.80. The zero-order valence-corrected chi connectivity index (χ0v) is 22.8. The van der Waals surface area contributed by atoms with Crippen LogP contribution in [0.25, 0.3) is 0 Å². The summed E-state index contributed by atoms with van der Waals surface area (Å²) < 4.78 is 5.42. The van der Waals surface area contributed by atoms with Crippen molar-refractivity contribution >= 4 is 40.6 Å². The number of benzene rings is 1. The molecule has 0 unspecified atom stereocenters. The van der Waals surface area contributed by atoms with Crippen LogP contribution in [0.5, 0.6) is 5.75 Å². The third-order valence-electron chi connectivity index (χ3n) is 7.15. The number of nitrogens with zero attached hydrogens (tertiary/aromatic N) is 6. The number of pyridine rings is 1. The molecule has 0 radical (unpaired) electrons. The summed E-state index contributed by atoms with van der Waals surface area (Å²) >= 11 is 6.63. The molecule has 1 amide bonds. The van der Waals surface area contributed by atoms with E-state index in [1.54, 1.807) is 26.3 Å². The lowest BCUT2D eigenvalue weighted by molar-refractivity contribution is 0.0962. The summed E-state index contributed by atoms with van der Waals surface area (Å²) in [5.41, 5.74) is 4.10. The van der Waals surface area contributed by atoms with E-state index in [2.05, 4.69) is 42.2 Å². The van der Waals surface area contributed by atoms with Gasteiger partial charge in [-0.05, 0) is 30.8 Å². The molecule has 1 fully saturated rings. The van der Waals surface area contributed by atoms with Crippen molar-refractivity contribution in [1.82, 2.24) is 25.2 Å². The van der Waals surface area contributed by atoms with Crippen molar-refractivity contribution in [3.05, 3.63) is 58.5 Å². The van der Waals surface area contributed by atoms with Crippen molar-refractivity contribution < 1.29 is 9.53 Å². The molecular formula is C27H33ClN8O2. The number of anilines is 4. The molecule has 10 nitrogen and oxygen atoms in total. The maximum Gasteiger partial charge on any atom is 0.251 e. The van der Waals surface area contributed by atoms with E-state index in [9.17, 15) is 4.79 Å². The number of ether oxygens (including phenoxy) is 1. The van der Waals surface area contributed by atoms with Crippen LogP contribution in [0.3, 0.4) is 0 Å². The van der Waals surface area contributed by atoms with Crippen molar-refractivity contribution in [2.75, 3.05) is 68.5 Å². The van der Waals surface area contributed by atoms with E-state index in [1.165, 1.54) is 0 Å². The van der Waals surface area contributed by atoms with E-state index >= 15 is 0 Å². The summed E-state index contributed by atoms with van der Waals surface area (Å²) in [5, 5.41) is 6.42. The minimum absolute atomic E-state index is 0.195. The molecule has 5 rings (SSSR count). The predicted molar refractivity (Wildman–Crippen MR) is 150 cm³/mol. The van der Waals surface area contributed by atoms with Crippen LogP contribution in [0.4, 0.5) is 23.1 Å². The lowest BCUT2D eigenvalue weighted by atomic mass is 10.1. The molecule has 2 aliphatic rings. The standard InChI is InChI=1S/C27H33ClN8O2/c1-4-34-9-11-35(12-10-34)24-6-5-20(16-30-24)32-27-31-15-19-17-36(8-7-21(19)33-27)22-13-18(26(37)29-2)14-23(38-3)25(22)28/h5-6,13-16H,4,7-12,17H2,1-3H3,(H,29,37)(H,31,32,33). The SMILES string of the molecule is CCN1CCN(c2ccc(Nc3ncc4c(n3)CCN(c3cc(C(=O)NC)cc(OC)c3Cl)C4)cn2)CC1. The Balaban J connectivity index is 1.27. The first-order valence-electron chi connectivity index (χ1n) is 12.9. The number of aromatic nitrogens is 3.